The van der Waals surface area contributed by atoms with Crippen LogP contribution in [0.25, 0.3) is 0 Å². The molecular formula is C15H26N2OS. The predicted molar refractivity (Wildman–Crippen MR) is 81.9 cm³/mol. The Bertz CT molecular complexity index is 342. The average Bonchev–Trinajstić information content (AvgIpc) is 2.93. The number of nitrogens with two attached hydrogens (primary N) is 1. The number of amides is 1. The lowest BCUT2D eigenvalue weighted by molar-refractivity contribution is -0.126. The van der Waals surface area contributed by atoms with Crippen molar-refractivity contribution in [3.63, 3.8) is 0 Å². The van der Waals surface area contributed by atoms with E-state index < -0.39 is 5.54 Å². The summed E-state index contributed by atoms with van der Waals surface area (Å²) in [6, 6.07) is 0. The van der Waals surface area contributed by atoms with Gasteiger partial charge in [0.2, 0.25) is 5.91 Å². The van der Waals surface area contributed by atoms with E-state index in [9.17, 15) is 4.79 Å². The molecule has 2 fully saturated rings. The normalized spacial score (nSPS) is 32.2. The summed E-state index contributed by atoms with van der Waals surface area (Å²) in [5, 5.41) is 3.21. The molecule has 0 bridgehead atoms. The standard InChI is InChI=1S/C15H26N2OS/c1-2-11-7-9-15(10-8-11,14(16)19)17-13(18)12-5-3-4-6-12/h11-12H,2-10H2,1H3,(H2,16,19)(H,17,18). The van der Waals surface area contributed by atoms with Gasteiger partial charge in [-0.1, -0.05) is 38.4 Å². The zero-order chi connectivity index (χ0) is 13.9. The van der Waals surface area contributed by atoms with Crippen LogP contribution in [0.1, 0.15) is 64.7 Å². The molecule has 0 unspecified atom stereocenters. The van der Waals surface area contributed by atoms with E-state index in [1.165, 1.54) is 19.3 Å². The quantitative estimate of drug-likeness (QED) is 0.780. The Hall–Kier alpha value is -0.640. The van der Waals surface area contributed by atoms with Gasteiger partial charge in [-0.05, 0) is 44.4 Å². The van der Waals surface area contributed by atoms with Crippen LogP contribution in [0.3, 0.4) is 0 Å². The molecule has 2 aliphatic rings. The lowest BCUT2D eigenvalue weighted by Gasteiger charge is -2.40. The third-order valence-corrected chi connectivity index (χ3v) is 5.49. The number of nitrogens with one attached hydrogen (secondary N) is 1. The molecule has 3 nitrogen and oxygen atoms in total. The highest BCUT2D eigenvalue weighted by Gasteiger charge is 2.40. The van der Waals surface area contributed by atoms with E-state index in [2.05, 4.69) is 12.2 Å². The second-order valence-electron chi connectivity index (χ2n) is 6.27. The molecule has 0 atom stereocenters. The van der Waals surface area contributed by atoms with Crippen LogP contribution < -0.4 is 11.1 Å². The zero-order valence-electron chi connectivity index (χ0n) is 11.9. The molecule has 2 aliphatic carbocycles. The Morgan fingerprint density at radius 3 is 2.32 bits per heavy atom. The maximum atomic E-state index is 12.3. The fourth-order valence-electron chi connectivity index (χ4n) is 3.54. The summed E-state index contributed by atoms with van der Waals surface area (Å²) in [4.78, 5) is 12.8. The molecule has 108 valence electrons. The summed E-state index contributed by atoms with van der Waals surface area (Å²) in [7, 11) is 0. The molecule has 3 N–H and O–H groups in total. The minimum absolute atomic E-state index is 0.181. The van der Waals surface area contributed by atoms with Crippen molar-refractivity contribution >= 4 is 23.1 Å². The van der Waals surface area contributed by atoms with E-state index in [0.29, 0.717) is 4.99 Å². The Kier molecular flexibility index (Phi) is 4.82. The van der Waals surface area contributed by atoms with Crippen molar-refractivity contribution in [2.24, 2.45) is 17.6 Å². The number of hydrogen-bond donors (Lipinski definition) is 2. The minimum atomic E-state index is -0.402. The van der Waals surface area contributed by atoms with Crippen LogP contribution in [0, 0.1) is 11.8 Å². The molecule has 2 saturated carbocycles. The van der Waals surface area contributed by atoms with Gasteiger partial charge in [0.05, 0.1) is 10.5 Å². The summed E-state index contributed by atoms with van der Waals surface area (Å²) in [5.41, 5.74) is 5.55. The molecule has 0 saturated heterocycles. The first-order valence-electron chi connectivity index (χ1n) is 7.69. The van der Waals surface area contributed by atoms with E-state index >= 15 is 0 Å². The molecule has 0 spiro atoms. The Labute approximate surface area is 121 Å². The van der Waals surface area contributed by atoms with Gasteiger partial charge in [-0.15, -0.1) is 0 Å². The summed E-state index contributed by atoms with van der Waals surface area (Å²) >= 11 is 5.26. The second kappa shape index (κ2) is 6.21. The highest BCUT2D eigenvalue weighted by atomic mass is 32.1. The van der Waals surface area contributed by atoms with Gasteiger partial charge in [-0.2, -0.15) is 0 Å². The van der Waals surface area contributed by atoms with Crippen LogP contribution in [0.2, 0.25) is 0 Å². The first-order chi connectivity index (χ1) is 9.07. The van der Waals surface area contributed by atoms with Gasteiger partial charge in [0.15, 0.2) is 0 Å². The first-order valence-corrected chi connectivity index (χ1v) is 8.10. The van der Waals surface area contributed by atoms with E-state index in [1.54, 1.807) is 0 Å². The molecule has 0 aromatic rings. The van der Waals surface area contributed by atoms with Crippen molar-refractivity contribution in [2.75, 3.05) is 0 Å². The molecule has 19 heavy (non-hydrogen) atoms. The minimum Gasteiger partial charge on any atom is -0.391 e. The first kappa shape index (κ1) is 14.8. The van der Waals surface area contributed by atoms with Crippen LogP contribution in [-0.2, 0) is 4.79 Å². The predicted octanol–water partition coefficient (Wildman–Crippen LogP) is 2.92. The van der Waals surface area contributed by atoms with Crippen LogP contribution in [0.15, 0.2) is 0 Å². The van der Waals surface area contributed by atoms with E-state index in [4.69, 9.17) is 18.0 Å². The van der Waals surface area contributed by atoms with Gasteiger partial charge in [0.25, 0.3) is 0 Å². The summed E-state index contributed by atoms with van der Waals surface area (Å²) in [6.45, 7) is 2.23. The molecule has 2 rings (SSSR count). The van der Waals surface area contributed by atoms with Crippen molar-refractivity contribution in [3.8, 4) is 0 Å². The number of carbonyl (C=O) groups excluding carboxylic acids is 1. The third kappa shape index (κ3) is 3.28. The molecule has 0 aliphatic heterocycles. The fourth-order valence-corrected chi connectivity index (χ4v) is 3.79. The topological polar surface area (TPSA) is 55.1 Å². The number of rotatable bonds is 4. The largest absolute Gasteiger partial charge is 0.391 e. The molecule has 0 radical (unpaired) electrons. The molecule has 1 amide bonds. The van der Waals surface area contributed by atoms with Gasteiger partial charge in [-0.25, -0.2) is 0 Å². The van der Waals surface area contributed by atoms with Crippen molar-refractivity contribution in [2.45, 2.75) is 70.3 Å². The van der Waals surface area contributed by atoms with Gasteiger partial charge in [0.1, 0.15) is 0 Å². The third-order valence-electron chi connectivity index (χ3n) is 5.10. The van der Waals surface area contributed by atoms with Crippen LogP contribution in [0.5, 0.6) is 0 Å². The Morgan fingerprint density at radius 2 is 1.84 bits per heavy atom. The second-order valence-corrected chi connectivity index (χ2v) is 6.71. The molecule has 0 heterocycles. The molecular weight excluding hydrogens is 256 g/mol. The monoisotopic (exact) mass is 282 g/mol. The van der Waals surface area contributed by atoms with Crippen LogP contribution in [0.4, 0.5) is 0 Å². The SMILES string of the molecule is CCC1CCC(NC(=O)C2CCCC2)(C(N)=S)CC1. The fraction of sp³-hybridized carbons (Fsp3) is 0.867. The van der Waals surface area contributed by atoms with Crippen molar-refractivity contribution in [1.82, 2.24) is 5.32 Å². The van der Waals surface area contributed by atoms with E-state index in [1.807, 2.05) is 0 Å². The highest BCUT2D eigenvalue weighted by Crippen LogP contribution is 2.35. The lowest BCUT2D eigenvalue weighted by atomic mass is 9.75. The molecule has 0 aromatic heterocycles. The average molecular weight is 282 g/mol. The van der Waals surface area contributed by atoms with Crippen molar-refractivity contribution in [3.05, 3.63) is 0 Å². The molecule has 4 heteroatoms. The van der Waals surface area contributed by atoms with Gasteiger partial charge >= 0.3 is 0 Å². The highest BCUT2D eigenvalue weighted by molar-refractivity contribution is 7.80. The number of carbonyl (C=O) groups is 1. The van der Waals surface area contributed by atoms with Gasteiger partial charge in [-0.3, -0.25) is 4.79 Å². The van der Waals surface area contributed by atoms with Crippen LogP contribution in [-0.4, -0.2) is 16.4 Å². The van der Waals surface area contributed by atoms with Crippen molar-refractivity contribution in [1.29, 1.82) is 0 Å². The summed E-state index contributed by atoms with van der Waals surface area (Å²) in [6.07, 6.45) is 9.69. The smallest absolute Gasteiger partial charge is 0.223 e. The number of thiocarbonyl (C=S) groups is 1. The molecule has 0 aromatic carbocycles. The van der Waals surface area contributed by atoms with Crippen molar-refractivity contribution < 1.29 is 4.79 Å². The van der Waals surface area contributed by atoms with Gasteiger partial charge < -0.3 is 11.1 Å². The van der Waals surface area contributed by atoms with Crippen LogP contribution >= 0.6 is 12.2 Å². The van der Waals surface area contributed by atoms with E-state index in [-0.39, 0.29) is 11.8 Å². The summed E-state index contributed by atoms with van der Waals surface area (Å²) in [5.74, 6) is 1.14. The Morgan fingerprint density at radius 1 is 1.26 bits per heavy atom. The maximum Gasteiger partial charge on any atom is 0.223 e. The Balaban J connectivity index is 2.00. The van der Waals surface area contributed by atoms with E-state index in [0.717, 1.165) is 44.4 Å². The summed E-state index contributed by atoms with van der Waals surface area (Å²) < 4.78 is 0. The van der Waals surface area contributed by atoms with Gasteiger partial charge in [0, 0.05) is 5.92 Å². The lowest BCUT2D eigenvalue weighted by Crippen LogP contribution is -2.59. The maximum absolute atomic E-state index is 12.3. The number of hydrogen-bond acceptors (Lipinski definition) is 2. The zero-order valence-corrected chi connectivity index (χ0v) is 12.7.